The van der Waals surface area contributed by atoms with Gasteiger partial charge in [-0.2, -0.15) is 0 Å². The molecule has 2 N–H and O–H groups in total. The van der Waals surface area contributed by atoms with Gasteiger partial charge in [0, 0.05) is 0 Å². The molecule has 5 heteroatoms. The Balaban J connectivity index is 2.63. The van der Waals surface area contributed by atoms with Gasteiger partial charge in [0.2, 0.25) is 0 Å². The van der Waals surface area contributed by atoms with Crippen molar-refractivity contribution in [2.75, 3.05) is 11.9 Å². The molecule has 14 heavy (non-hydrogen) atoms. The van der Waals surface area contributed by atoms with Crippen LogP contribution in [-0.2, 0) is 0 Å². The van der Waals surface area contributed by atoms with Gasteiger partial charge in [-0.3, -0.25) is 0 Å². The predicted molar refractivity (Wildman–Crippen MR) is 56.4 cm³/mol. The molecule has 0 bridgehead atoms. The second-order valence-electron chi connectivity index (χ2n) is 3.42. The van der Waals surface area contributed by atoms with E-state index in [1.165, 1.54) is 0 Å². The van der Waals surface area contributed by atoms with Gasteiger partial charge in [0.05, 0.1) is 12.6 Å². The van der Waals surface area contributed by atoms with Crippen molar-refractivity contribution in [3.63, 3.8) is 0 Å². The summed E-state index contributed by atoms with van der Waals surface area (Å²) in [6.07, 6.45) is 0. The Kier molecular flexibility index (Phi) is 4.10. The molecule has 0 amide bonds. The van der Waals surface area contributed by atoms with Crippen LogP contribution in [0.4, 0.5) is 5.82 Å². The lowest BCUT2D eigenvalue weighted by atomic mass is 10.1. The molecule has 1 rings (SSSR count). The molecule has 78 valence electrons. The first kappa shape index (κ1) is 11.2. The van der Waals surface area contributed by atoms with Crippen molar-refractivity contribution in [1.29, 1.82) is 0 Å². The number of hydrogen-bond donors (Lipinski definition) is 2. The molecule has 0 fully saturated rings. The minimum absolute atomic E-state index is 0.00882. The Morgan fingerprint density at radius 1 is 1.43 bits per heavy atom. The first-order chi connectivity index (χ1) is 6.63. The molecule has 1 heterocycles. The summed E-state index contributed by atoms with van der Waals surface area (Å²) in [5.41, 5.74) is 0. The van der Waals surface area contributed by atoms with Crippen molar-refractivity contribution >= 4 is 17.4 Å². The normalized spacial score (nSPS) is 12.9. The van der Waals surface area contributed by atoms with Gasteiger partial charge >= 0.3 is 0 Å². The van der Waals surface area contributed by atoms with E-state index in [1.54, 1.807) is 12.1 Å². The summed E-state index contributed by atoms with van der Waals surface area (Å²) >= 11 is 5.59. The average molecular weight is 216 g/mol. The first-order valence-corrected chi connectivity index (χ1v) is 4.88. The van der Waals surface area contributed by atoms with Crippen LogP contribution in [0.3, 0.4) is 0 Å². The predicted octanol–water partition coefficient (Wildman–Crippen LogP) is 1.56. The monoisotopic (exact) mass is 215 g/mol. The molecular weight excluding hydrogens is 202 g/mol. The Morgan fingerprint density at radius 2 is 2.14 bits per heavy atom. The summed E-state index contributed by atoms with van der Waals surface area (Å²) in [5, 5.41) is 20.1. The van der Waals surface area contributed by atoms with Gasteiger partial charge < -0.3 is 10.4 Å². The topological polar surface area (TPSA) is 58.0 Å². The van der Waals surface area contributed by atoms with E-state index in [1.807, 2.05) is 13.8 Å². The fraction of sp³-hybridized carbons (Fsp3) is 0.556. The van der Waals surface area contributed by atoms with E-state index in [-0.39, 0.29) is 12.6 Å². The number of nitrogens with one attached hydrogen (secondary N) is 1. The highest BCUT2D eigenvalue weighted by molar-refractivity contribution is 6.29. The van der Waals surface area contributed by atoms with Gasteiger partial charge in [0.25, 0.3) is 0 Å². The van der Waals surface area contributed by atoms with E-state index >= 15 is 0 Å². The summed E-state index contributed by atoms with van der Waals surface area (Å²) in [6, 6.07) is 3.39. The van der Waals surface area contributed by atoms with Crippen LogP contribution in [0.5, 0.6) is 0 Å². The van der Waals surface area contributed by atoms with Crippen LogP contribution in [0, 0.1) is 5.92 Å². The molecule has 0 spiro atoms. The van der Waals surface area contributed by atoms with Gasteiger partial charge in [-0.15, -0.1) is 10.2 Å². The smallest absolute Gasteiger partial charge is 0.151 e. The maximum Gasteiger partial charge on any atom is 0.151 e. The fourth-order valence-electron chi connectivity index (χ4n) is 1.01. The van der Waals surface area contributed by atoms with E-state index in [9.17, 15) is 0 Å². The summed E-state index contributed by atoms with van der Waals surface area (Å²) in [7, 11) is 0. The summed E-state index contributed by atoms with van der Waals surface area (Å²) in [5.74, 6) is 0.958. The summed E-state index contributed by atoms with van der Waals surface area (Å²) < 4.78 is 0. The third-order valence-corrected chi connectivity index (χ3v) is 2.17. The maximum absolute atomic E-state index is 9.08. The minimum atomic E-state index is -0.00882. The third-order valence-electron chi connectivity index (χ3n) is 1.97. The summed E-state index contributed by atoms with van der Waals surface area (Å²) in [6.45, 7) is 4.12. The molecule has 0 aliphatic carbocycles. The molecule has 1 aromatic heterocycles. The number of aliphatic hydroxyl groups excluding tert-OH is 1. The van der Waals surface area contributed by atoms with Gasteiger partial charge in [-0.1, -0.05) is 25.4 Å². The lowest BCUT2D eigenvalue weighted by Gasteiger charge is -2.19. The SMILES string of the molecule is CC(C)C(CO)Nc1ccc(Cl)nn1. The van der Waals surface area contributed by atoms with Crippen LogP contribution in [-0.4, -0.2) is 28.0 Å². The van der Waals surface area contributed by atoms with Crippen LogP contribution >= 0.6 is 11.6 Å². The van der Waals surface area contributed by atoms with Crippen molar-refractivity contribution in [2.24, 2.45) is 5.92 Å². The largest absolute Gasteiger partial charge is 0.394 e. The van der Waals surface area contributed by atoms with Crippen LogP contribution in [0.15, 0.2) is 12.1 Å². The molecule has 0 aliphatic heterocycles. The van der Waals surface area contributed by atoms with E-state index in [0.717, 1.165) is 0 Å². The molecule has 4 nitrogen and oxygen atoms in total. The highest BCUT2D eigenvalue weighted by Crippen LogP contribution is 2.10. The number of anilines is 1. The first-order valence-electron chi connectivity index (χ1n) is 4.50. The number of aliphatic hydroxyl groups is 1. The fourth-order valence-corrected chi connectivity index (χ4v) is 1.11. The second-order valence-corrected chi connectivity index (χ2v) is 3.81. The molecule has 1 atom stereocenters. The molecule has 0 aromatic carbocycles. The quantitative estimate of drug-likeness (QED) is 0.801. The van der Waals surface area contributed by atoms with Gasteiger partial charge in [-0.05, 0) is 18.1 Å². The zero-order valence-electron chi connectivity index (χ0n) is 8.24. The highest BCUT2D eigenvalue weighted by Gasteiger charge is 2.12. The van der Waals surface area contributed by atoms with Crippen LogP contribution in [0.1, 0.15) is 13.8 Å². The highest BCUT2D eigenvalue weighted by atomic mass is 35.5. The van der Waals surface area contributed by atoms with E-state index in [2.05, 4.69) is 15.5 Å². The van der Waals surface area contributed by atoms with E-state index in [4.69, 9.17) is 16.7 Å². The molecule has 0 saturated heterocycles. The number of nitrogens with zero attached hydrogens (tertiary/aromatic N) is 2. The summed E-state index contributed by atoms with van der Waals surface area (Å²) in [4.78, 5) is 0. The van der Waals surface area contributed by atoms with Crippen molar-refractivity contribution in [3.8, 4) is 0 Å². The lowest BCUT2D eigenvalue weighted by molar-refractivity contribution is 0.249. The molecule has 0 radical (unpaired) electrons. The number of halogens is 1. The van der Waals surface area contributed by atoms with E-state index < -0.39 is 0 Å². The van der Waals surface area contributed by atoms with Crippen molar-refractivity contribution in [2.45, 2.75) is 19.9 Å². The van der Waals surface area contributed by atoms with Crippen molar-refractivity contribution < 1.29 is 5.11 Å². The number of aromatic nitrogens is 2. The Hall–Kier alpha value is -0.870. The zero-order valence-corrected chi connectivity index (χ0v) is 8.99. The Bertz CT molecular complexity index is 276. The van der Waals surface area contributed by atoms with Crippen molar-refractivity contribution in [3.05, 3.63) is 17.3 Å². The lowest BCUT2D eigenvalue weighted by Crippen LogP contribution is -2.29. The number of rotatable bonds is 4. The Labute approximate surface area is 88.3 Å². The Morgan fingerprint density at radius 3 is 2.57 bits per heavy atom. The molecule has 1 unspecified atom stereocenters. The molecule has 0 aliphatic rings. The third kappa shape index (κ3) is 3.12. The van der Waals surface area contributed by atoms with E-state index in [0.29, 0.717) is 16.9 Å². The molecular formula is C9H14ClN3O. The van der Waals surface area contributed by atoms with Gasteiger partial charge in [-0.25, -0.2) is 0 Å². The second kappa shape index (κ2) is 5.12. The average Bonchev–Trinajstić information content (AvgIpc) is 2.16. The standard InChI is InChI=1S/C9H14ClN3O/c1-6(2)7(5-14)11-9-4-3-8(10)12-13-9/h3-4,6-7,14H,5H2,1-2H3,(H,11,13). The number of hydrogen-bond acceptors (Lipinski definition) is 4. The molecule has 0 saturated carbocycles. The van der Waals surface area contributed by atoms with Crippen LogP contribution in [0.2, 0.25) is 5.15 Å². The van der Waals surface area contributed by atoms with Crippen LogP contribution in [0.25, 0.3) is 0 Å². The van der Waals surface area contributed by atoms with Crippen LogP contribution < -0.4 is 5.32 Å². The minimum Gasteiger partial charge on any atom is -0.394 e. The van der Waals surface area contributed by atoms with Crippen molar-refractivity contribution in [1.82, 2.24) is 10.2 Å². The molecule has 1 aromatic rings. The van der Waals surface area contributed by atoms with Gasteiger partial charge in [0.15, 0.2) is 5.15 Å². The van der Waals surface area contributed by atoms with Gasteiger partial charge in [0.1, 0.15) is 5.82 Å². The maximum atomic E-state index is 9.08. The zero-order chi connectivity index (χ0) is 10.6.